The summed E-state index contributed by atoms with van der Waals surface area (Å²) in [5, 5.41) is 2.61. The van der Waals surface area contributed by atoms with Crippen molar-refractivity contribution in [3.8, 4) is 0 Å². The number of imide groups is 1. The van der Waals surface area contributed by atoms with Gasteiger partial charge in [-0.3, -0.25) is 24.0 Å². The summed E-state index contributed by atoms with van der Waals surface area (Å²) in [5.41, 5.74) is 0.995. The molecule has 0 radical (unpaired) electrons. The summed E-state index contributed by atoms with van der Waals surface area (Å²) in [7, 11) is -4.01. The Morgan fingerprint density at radius 1 is 0.906 bits per heavy atom. The van der Waals surface area contributed by atoms with Crippen molar-refractivity contribution in [2.45, 2.75) is 11.3 Å². The molecule has 11 heteroatoms. The van der Waals surface area contributed by atoms with Crippen molar-refractivity contribution in [2.24, 2.45) is 0 Å². The normalized spacial score (nSPS) is 13.1. The number of nitrogens with one attached hydrogen (secondary N) is 1. The number of nitrogens with zero attached hydrogens (tertiary/aromatic N) is 4. The van der Waals surface area contributed by atoms with Gasteiger partial charge in [0.1, 0.15) is 0 Å². The Morgan fingerprint density at radius 3 is 2.09 bits per heavy atom. The highest BCUT2D eigenvalue weighted by molar-refractivity contribution is 7.94. The predicted molar refractivity (Wildman–Crippen MR) is 114 cm³/mol. The van der Waals surface area contributed by atoms with Gasteiger partial charge in [0, 0.05) is 24.6 Å². The molecule has 0 unspecified atom stereocenters. The van der Waals surface area contributed by atoms with E-state index in [4.69, 9.17) is 0 Å². The molecule has 0 spiro atoms. The molecule has 1 aliphatic rings. The SMILES string of the molecule is O=C(CCN1C(=O)c2ccccc2C1=O)Nc1ccc(S(=O)(=O)[N-]c2ncccn2)cc1. The lowest BCUT2D eigenvalue weighted by atomic mass is 10.1. The Balaban J connectivity index is 1.34. The number of rotatable bonds is 7. The van der Waals surface area contributed by atoms with Gasteiger partial charge in [0.25, 0.3) is 11.8 Å². The number of fused-ring (bicyclic) bond motifs is 1. The maximum atomic E-state index is 12.3. The highest BCUT2D eigenvalue weighted by Gasteiger charge is 2.34. The number of carbonyl (C=O) groups is 3. The fourth-order valence-corrected chi connectivity index (χ4v) is 3.98. The fourth-order valence-electron chi connectivity index (χ4n) is 3.09. The zero-order chi connectivity index (χ0) is 22.7. The maximum Gasteiger partial charge on any atom is 0.261 e. The number of carbonyl (C=O) groups excluding carboxylic acids is 3. The molecule has 3 amide bonds. The van der Waals surface area contributed by atoms with E-state index >= 15 is 0 Å². The van der Waals surface area contributed by atoms with Crippen molar-refractivity contribution >= 4 is 39.4 Å². The van der Waals surface area contributed by atoms with Crippen molar-refractivity contribution in [3.05, 3.63) is 82.8 Å². The summed E-state index contributed by atoms with van der Waals surface area (Å²) in [6.07, 6.45) is 2.65. The van der Waals surface area contributed by atoms with E-state index in [0.717, 1.165) is 4.90 Å². The van der Waals surface area contributed by atoms with Crippen LogP contribution in [0.1, 0.15) is 27.1 Å². The molecule has 3 aromatic rings. The van der Waals surface area contributed by atoms with Crippen LogP contribution in [0.25, 0.3) is 4.72 Å². The van der Waals surface area contributed by atoms with E-state index < -0.39 is 27.7 Å². The van der Waals surface area contributed by atoms with Crippen LogP contribution in [0.5, 0.6) is 0 Å². The van der Waals surface area contributed by atoms with Gasteiger partial charge < -0.3 is 15.3 Å². The molecule has 4 rings (SSSR count). The van der Waals surface area contributed by atoms with Crippen molar-refractivity contribution < 1.29 is 22.8 Å². The first-order chi connectivity index (χ1) is 15.3. The second-order valence-corrected chi connectivity index (χ2v) is 8.35. The number of aromatic nitrogens is 2. The summed E-state index contributed by atoms with van der Waals surface area (Å²) in [5.74, 6) is -1.48. The first-order valence-electron chi connectivity index (χ1n) is 9.45. The third-order valence-electron chi connectivity index (χ3n) is 4.63. The molecule has 1 N–H and O–H groups in total. The molecule has 0 bridgehead atoms. The number of hydrogen-bond acceptors (Lipinski definition) is 7. The molecule has 0 aliphatic carbocycles. The van der Waals surface area contributed by atoms with Gasteiger partial charge in [-0.2, -0.15) is 0 Å². The fraction of sp³-hybridized carbons (Fsp3) is 0.0952. The van der Waals surface area contributed by atoms with E-state index in [-0.39, 0.29) is 23.8 Å². The predicted octanol–water partition coefficient (Wildman–Crippen LogP) is 2.50. The molecule has 0 fully saturated rings. The summed E-state index contributed by atoms with van der Waals surface area (Å²) in [4.78, 5) is 45.4. The van der Waals surface area contributed by atoms with E-state index in [1.165, 1.54) is 42.7 Å². The molecular formula is C21H16N5O5S-. The van der Waals surface area contributed by atoms with E-state index in [1.54, 1.807) is 24.3 Å². The van der Waals surface area contributed by atoms with Crippen LogP contribution >= 0.6 is 0 Å². The smallest absolute Gasteiger partial charge is 0.261 e. The topological polar surface area (TPSA) is 140 Å². The Bertz CT molecular complexity index is 1260. The number of anilines is 1. The quantitative estimate of drug-likeness (QED) is 0.545. The summed E-state index contributed by atoms with van der Waals surface area (Å²) >= 11 is 0. The average molecular weight is 450 g/mol. The number of amides is 3. The molecule has 0 saturated carbocycles. The van der Waals surface area contributed by atoms with Gasteiger partial charge >= 0.3 is 0 Å². The van der Waals surface area contributed by atoms with Crippen molar-refractivity contribution in [3.63, 3.8) is 0 Å². The lowest BCUT2D eigenvalue weighted by Gasteiger charge is -2.14. The summed E-state index contributed by atoms with van der Waals surface area (Å²) in [6.45, 7) is -0.0689. The number of hydrogen-bond donors (Lipinski definition) is 1. The third kappa shape index (κ3) is 4.32. The first-order valence-corrected chi connectivity index (χ1v) is 10.9. The standard InChI is InChI=1S/C21H17N5O5S/c27-18(10-13-26-19(28)16-4-1-2-5-17(16)20(26)29)24-14-6-8-15(9-7-14)32(30,31)25-21-22-11-3-12-23-21/h1-9,11-12H,10,13H2,(H2,22,23,24,25,27)/p-1. The monoisotopic (exact) mass is 450 g/mol. The molecule has 1 aliphatic heterocycles. The van der Waals surface area contributed by atoms with Crippen molar-refractivity contribution in [1.82, 2.24) is 14.9 Å². The molecule has 0 saturated heterocycles. The van der Waals surface area contributed by atoms with Crippen LogP contribution in [-0.2, 0) is 14.8 Å². The Morgan fingerprint density at radius 2 is 1.50 bits per heavy atom. The minimum Gasteiger partial charge on any atom is -0.366 e. The summed E-state index contributed by atoms with van der Waals surface area (Å²) in [6, 6.07) is 13.4. The molecule has 32 heavy (non-hydrogen) atoms. The van der Waals surface area contributed by atoms with Gasteiger partial charge in [0.15, 0.2) is 0 Å². The van der Waals surface area contributed by atoms with E-state index in [0.29, 0.717) is 16.8 Å². The number of benzene rings is 2. The van der Waals surface area contributed by atoms with E-state index in [2.05, 4.69) is 20.0 Å². The van der Waals surface area contributed by atoms with Crippen molar-refractivity contribution in [2.75, 3.05) is 11.9 Å². The molecule has 2 aromatic carbocycles. The molecule has 0 atom stereocenters. The number of sulfonamides is 1. The molecule has 1 aromatic heterocycles. The first kappa shape index (κ1) is 21.1. The van der Waals surface area contributed by atoms with Crippen LogP contribution < -0.4 is 5.32 Å². The van der Waals surface area contributed by atoms with Crippen LogP contribution in [0.2, 0.25) is 0 Å². The van der Waals surface area contributed by atoms with Gasteiger partial charge in [-0.25, -0.2) is 8.42 Å². The average Bonchev–Trinajstić information content (AvgIpc) is 3.03. The molecule has 162 valence electrons. The van der Waals surface area contributed by atoms with Crippen LogP contribution in [0.3, 0.4) is 0 Å². The molecule has 10 nitrogen and oxygen atoms in total. The van der Waals surface area contributed by atoms with Gasteiger partial charge in [-0.1, -0.05) is 18.2 Å². The lowest BCUT2D eigenvalue weighted by Crippen LogP contribution is -2.32. The van der Waals surface area contributed by atoms with Crippen LogP contribution in [-0.4, -0.2) is 47.6 Å². The molecular weight excluding hydrogens is 434 g/mol. The third-order valence-corrected chi connectivity index (χ3v) is 5.90. The van der Waals surface area contributed by atoms with Gasteiger partial charge in [0.2, 0.25) is 15.9 Å². The van der Waals surface area contributed by atoms with Crippen LogP contribution in [0.4, 0.5) is 11.6 Å². The highest BCUT2D eigenvalue weighted by Crippen LogP contribution is 2.25. The zero-order valence-electron chi connectivity index (χ0n) is 16.5. The second-order valence-electron chi connectivity index (χ2n) is 6.75. The van der Waals surface area contributed by atoms with Crippen LogP contribution in [0.15, 0.2) is 71.9 Å². The van der Waals surface area contributed by atoms with Gasteiger partial charge in [-0.15, -0.1) is 0 Å². The Hall–Kier alpha value is -4.12. The second kappa shape index (κ2) is 8.55. The maximum absolute atomic E-state index is 12.3. The van der Waals surface area contributed by atoms with Gasteiger partial charge in [0.05, 0.1) is 16.0 Å². The Kier molecular flexibility index (Phi) is 5.65. The minimum absolute atomic E-state index is 0.0689. The van der Waals surface area contributed by atoms with E-state index in [1.807, 2.05) is 0 Å². The summed E-state index contributed by atoms with van der Waals surface area (Å²) < 4.78 is 28.2. The highest BCUT2D eigenvalue weighted by atomic mass is 32.2. The minimum atomic E-state index is -4.01. The van der Waals surface area contributed by atoms with Gasteiger partial charge in [-0.05, 0) is 48.8 Å². The lowest BCUT2D eigenvalue weighted by molar-refractivity contribution is -0.116. The Labute approximate surface area is 183 Å². The molecule has 2 heterocycles. The largest absolute Gasteiger partial charge is 0.366 e. The van der Waals surface area contributed by atoms with Crippen LogP contribution in [0, 0.1) is 0 Å². The van der Waals surface area contributed by atoms with E-state index in [9.17, 15) is 22.8 Å². The zero-order valence-corrected chi connectivity index (χ0v) is 17.3. The van der Waals surface area contributed by atoms with Crippen molar-refractivity contribution in [1.29, 1.82) is 0 Å².